The Morgan fingerprint density at radius 1 is 1.71 bits per heavy atom. The Morgan fingerprint density at radius 2 is 2.14 bits per heavy atom. The zero-order valence-electron chi connectivity index (χ0n) is 5.18. The fourth-order valence-corrected chi connectivity index (χ4v) is 0.163. The van der Waals surface area contributed by atoms with Gasteiger partial charge in [0.05, 0.1) is 6.61 Å². The zero-order chi connectivity index (χ0) is 5.86. The Hall–Kier alpha value is 0.137. The lowest BCUT2D eigenvalue weighted by Crippen LogP contribution is -2.31. The smallest absolute Gasteiger partial charge is 0.0550 e. The molecule has 0 aliphatic heterocycles. The molecule has 3 heteroatoms. The summed E-state index contributed by atoms with van der Waals surface area (Å²) in [5.41, 5.74) is 0.431. The molecule has 44 valence electrons. The Balaban J connectivity index is 3.14. The average molecular weight is 119 g/mol. The molecule has 1 unspecified atom stereocenters. The third-order valence-corrected chi connectivity index (χ3v) is 2.54. The molecule has 0 saturated carbocycles. The lowest BCUT2D eigenvalue weighted by atomic mass is 10.6. The summed E-state index contributed by atoms with van der Waals surface area (Å²) in [6.07, 6.45) is 0. The van der Waals surface area contributed by atoms with Crippen LogP contribution >= 0.6 is 0 Å². The van der Waals surface area contributed by atoms with E-state index in [0.29, 0.717) is 12.3 Å². The van der Waals surface area contributed by atoms with E-state index in [-0.39, 0.29) is 0 Å². The highest BCUT2D eigenvalue weighted by atomic mass is 28.1. The number of nitrogens with zero attached hydrogens (tertiary/aromatic N) is 1. The van der Waals surface area contributed by atoms with E-state index in [1.54, 1.807) is 0 Å². The first kappa shape index (κ1) is 7.14. The predicted octanol–water partition coefficient (Wildman–Crippen LogP) is -1.77. The van der Waals surface area contributed by atoms with Crippen LogP contribution in [-0.4, -0.2) is 46.6 Å². The van der Waals surface area contributed by atoms with E-state index in [2.05, 4.69) is 0 Å². The maximum atomic E-state index is 8.50. The van der Waals surface area contributed by atoms with Crippen LogP contribution in [0, 0.1) is 0 Å². The van der Waals surface area contributed by atoms with Crippen LogP contribution < -0.4 is 0 Å². The van der Waals surface area contributed by atoms with Crippen molar-refractivity contribution in [1.82, 2.24) is 4.90 Å². The van der Waals surface area contributed by atoms with Gasteiger partial charge in [0, 0.05) is 15.9 Å². The van der Waals surface area contributed by atoms with Crippen LogP contribution in [0.1, 0.15) is 0 Å². The van der Waals surface area contributed by atoms with E-state index < -0.39 is 0 Å². The molecule has 0 aromatic carbocycles. The van der Waals surface area contributed by atoms with Gasteiger partial charge in [-0.05, 0) is 14.1 Å². The topological polar surface area (TPSA) is 23.5 Å². The summed E-state index contributed by atoms with van der Waals surface area (Å²) in [7, 11) is 5.01. The van der Waals surface area contributed by atoms with E-state index in [1.165, 1.54) is 0 Å². The summed E-state index contributed by atoms with van der Waals surface area (Å²) in [5, 5.41) is 8.50. The van der Waals surface area contributed by atoms with Gasteiger partial charge in [-0.15, -0.1) is 0 Å². The minimum Gasteiger partial charge on any atom is -0.395 e. The number of likely N-dealkylation sites (N-methyl/N-ethyl adjacent to an activating group) is 1. The summed E-state index contributed by atoms with van der Waals surface area (Å²) in [4.78, 5) is 2.03. The molecule has 0 rings (SSSR count). The van der Waals surface area contributed by atoms with Crippen molar-refractivity contribution in [3.8, 4) is 0 Å². The van der Waals surface area contributed by atoms with Crippen molar-refractivity contribution in [2.24, 2.45) is 0 Å². The van der Waals surface area contributed by atoms with Gasteiger partial charge >= 0.3 is 0 Å². The van der Waals surface area contributed by atoms with Gasteiger partial charge in [0.1, 0.15) is 0 Å². The maximum Gasteiger partial charge on any atom is 0.0550 e. The summed E-state index contributed by atoms with van der Waals surface area (Å²) in [6, 6.07) is 0. The molecule has 0 fully saturated rings. The zero-order valence-corrected chi connectivity index (χ0v) is 7.18. The third kappa shape index (κ3) is 2.79. The monoisotopic (exact) mass is 119 g/mol. The molecule has 0 aromatic heterocycles. The molecular formula is C4H13NOSi. The van der Waals surface area contributed by atoms with Gasteiger partial charge in [-0.3, -0.25) is 0 Å². The molecular weight excluding hydrogens is 106 g/mol. The fourth-order valence-electron chi connectivity index (χ4n) is 0.163. The number of aliphatic hydroxyl groups excluding tert-OH is 1. The lowest BCUT2D eigenvalue weighted by Gasteiger charge is -2.15. The van der Waals surface area contributed by atoms with E-state index in [9.17, 15) is 0 Å². The molecule has 1 atom stereocenters. The SMILES string of the molecule is CN(C)C([SiH3])CO. The van der Waals surface area contributed by atoms with Crippen molar-refractivity contribution in [3.63, 3.8) is 0 Å². The minimum absolute atomic E-state index is 0.305. The quantitative estimate of drug-likeness (QED) is 0.435. The highest BCUT2D eigenvalue weighted by molar-refractivity contribution is 6.11. The van der Waals surface area contributed by atoms with E-state index in [0.717, 1.165) is 10.2 Å². The molecule has 0 aliphatic rings. The number of hydrogen-bond acceptors (Lipinski definition) is 2. The molecule has 0 bridgehead atoms. The van der Waals surface area contributed by atoms with Gasteiger partial charge in [0.2, 0.25) is 0 Å². The van der Waals surface area contributed by atoms with Crippen LogP contribution in [0.15, 0.2) is 0 Å². The maximum absolute atomic E-state index is 8.50. The first-order chi connectivity index (χ1) is 3.18. The molecule has 0 heterocycles. The second-order valence-electron chi connectivity index (χ2n) is 2.00. The van der Waals surface area contributed by atoms with Gasteiger partial charge in [-0.2, -0.15) is 0 Å². The number of rotatable bonds is 2. The highest BCUT2D eigenvalue weighted by Gasteiger charge is 1.98. The van der Waals surface area contributed by atoms with Crippen LogP contribution in [0.2, 0.25) is 0 Å². The first-order valence-corrected chi connectivity index (χ1v) is 3.61. The van der Waals surface area contributed by atoms with Crippen LogP contribution in [0.4, 0.5) is 0 Å². The standard InChI is InChI=1S/C4H13NOSi/c1-5(2)4(7)3-6/h4,6H,3H2,1-2,7H3. The predicted molar refractivity (Wildman–Crippen MR) is 34.5 cm³/mol. The summed E-state index contributed by atoms with van der Waals surface area (Å²) < 4.78 is 0. The Labute approximate surface area is 47.6 Å². The van der Waals surface area contributed by atoms with Crippen molar-refractivity contribution in [1.29, 1.82) is 0 Å². The van der Waals surface area contributed by atoms with Crippen LogP contribution in [0.3, 0.4) is 0 Å². The van der Waals surface area contributed by atoms with Crippen molar-refractivity contribution in [2.75, 3.05) is 20.7 Å². The van der Waals surface area contributed by atoms with E-state index in [1.807, 2.05) is 19.0 Å². The largest absolute Gasteiger partial charge is 0.395 e. The number of aliphatic hydroxyl groups is 1. The lowest BCUT2D eigenvalue weighted by molar-refractivity contribution is 0.219. The van der Waals surface area contributed by atoms with Crippen LogP contribution in [-0.2, 0) is 0 Å². The summed E-state index contributed by atoms with van der Waals surface area (Å²) >= 11 is 0. The molecule has 2 nitrogen and oxygen atoms in total. The summed E-state index contributed by atoms with van der Waals surface area (Å²) in [5.74, 6) is 0. The fraction of sp³-hybridized carbons (Fsp3) is 1.00. The second-order valence-corrected chi connectivity index (χ2v) is 3.33. The van der Waals surface area contributed by atoms with Crippen molar-refractivity contribution in [2.45, 2.75) is 5.67 Å². The van der Waals surface area contributed by atoms with Gasteiger partial charge < -0.3 is 10.0 Å². The van der Waals surface area contributed by atoms with Crippen molar-refractivity contribution >= 4 is 10.2 Å². The normalized spacial score (nSPS) is 15.4. The molecule has 0 spiro atoms. The highest BCUT2D eigenvalue weighted by Crippen LogP contribution is 1.80. The number of hydrogen-bond donors (Lipinski definition) is 1. The van der Waals surface area contributed by atoms with Crippen LogP contribution in [0.25, 0.3) is 0 Å². The molecule has 1 N–H and O–H groups in total. The molecule has 0 amide bonds. The summed E-state index contributed by atoms with van der Waals surface area (Å²) in [6.45, 7) is 0.305. The van der Waals surface area contributed by atoms with Gasteiger partial charge in [-0.1, -0.05) is 0 Å². The van der Waals surface area contributed by atoms with Crippen molar-refractivity contribution < 1.29 is 5.11 Å². The van der Waals surface area contributed by atoms with Crippen LogP contribution in [0.5, 0.6) is 0 Å². The average Bonchev–Trinajstić information content (AvgIpc) is 1.65. The molecule has 0 saturated heterocycles. The molecule has 0 aliphatic carbocycles. The van der Waals surface area contributed by atoms with E-state index in [4.69, 9.17) is 5.11 Å². The molecule has 7 heavy (non-hydrogen) atoms. The Kier molecular flexibility index (Phi) is 3.24. The molecule has 0 aromatic rings. The second kappa shape index (κ2) is 3.18. The third-order valence-electron chi connectivity index (χ3n) is 1.15. The van der Waals surface area contributed by atoms with E-state index >= 15 is 0 Å². The first-order valence-electron chi connectivity index (χ1n) is 2.45. The van der Waals surface area contributed by atoms with Gasteiger partial charge in [-0.25, -0.2) is 0 Å². The Morgan fingerprint density at radius 3 is 2.14 bits per heavy atom. The van der Waals surface area contributed by atoms with Crippen molar-refractivity contribution in [3.05, 3.63) is 0 Å². The molecule has 0 radical (unpaired) electrons. The Bertz CT molecular complexity index is 49.0. The minimum atomic E-state index is 0.305. The van der Waals surface area contributed by atoms with Gasteiger partial charge in [0.15, 0.2) is 0 Å². The van der Waals surface area contributed by atoms with Gasteiger partial charge in [0.25, 0.3) is 0 Å².